The maximum atomic E-state index is 5.77. The fourth-order valence-corrected chi connectivity index (χ4v) is 1.28. The van der Waals surface area contributed by atoms with Crippen molar-refractivity contribution in [3.05, 3.63) is 48.0 Å². The molecule has 0 saturated carbocycles. The predicted octanol–water partition coefficient (Wildman–Crippen LogP) is 3.80. The highest BCUT2D eigenvalue weighted by molar-refractivity contribution is 6.21. The molecule has 0 fully saturated rings. The molecule has 1 aromatic rings. The summed E-state index contributed by atoms with van der Waals surface area (Å²) >= 11 is 5.77. The number of hydrogen-bond acceptors (Lipinski definition) is 0. The molecule has 1 unspecified atom stereocenters. The Bertz CT molecular complexity index is 249. The van der Waals surface area contributed by atoms with Crippen molar-refractivity contribution in [2.75, 3.05) is 0 Å². The van der Waals surface area contributed by atoms with E-state index in [1.807, 2.05) is 19.1 Å². The lowest BCUT2D eigenvalue weighted by molar-refractivity contribution is 0.993. The van der Waals surface area contributed by atoms with Crippen molar-refractivity contribution in [2.24, 2.45) is 0 Å². The van der Waals surface area contributed by atoms with Crippen molar-refractivity contribution in [1.29, 1.82) is 0 Å². The van der Waals surface area contributed by atoms with Gasteiger partial charge in [-0.25, -0.2) is 0 Å². The Balaban J connectivity index is 2.28. The van der Waals surface area contributed by atoms with Crippen LogP contribution in [0, 0.1) is 0 Å². The average Bonchev–Trinajstić information content (AvgIpc) is 2.14. The Labute approximate surface area is 85.2 Å². The molecule has 0 aliphatic heterocycles. The van der Waals surface area contributed by atoms with Gasteiger partial charge >= 0.3 is 0 Å². The monoisotopic (exact) mass is 194 g/mol. The third kappa shape index (κ3) is 4.74. The van der Waals surface area contributed by atoms with Gasteiger partial charge in [0.2, 0.25) is 0 Å². The first-order valence-electron chi connectivity index (χ1n) is 4.63. The Kier molecular flexibility index (Phi) is 4.63. The average molecular weight is 195 g/mol. The van der Waals surface area contributed by atoms with Crippen LogP contribution in [0.1, 0.15) is 18.9 Å². The molecule has 0 nitrogen and oxygen atoms in total. The van der Waals surface area contributed by atoms with Gasteiger partial charge < -0.3 is 0 Å². The molecule has 1 aromatic carbocycles. The number of aryl methyl sites for hydroxylation is 1. The summed E-state index contributed by atoms with van der Waals surface area (Å²) in [4.78, 5) is 0. The van der Waals surface area contributed by atoms with Crippen molar-refractivity contribution in [1.82, 2.24) is 0 Å². The highest BCUT2D eigenvalue weighted by Crippen LogP contribution is 2.04. The molecule has 0 aliphatic rings. The van der Waals surface area contributed by atoms with Gasteiger partial charge in [0.15, 0.2) is 0 Å². The maximum absolute atomic E-state index is 5.77. The van der Waals surface area contributed by atoms with Gasteiger partial charge in [-0.1, -0.05) is 42.5 Å². The number of benzene rings is 1. The molecule has 13 heavy (non-hydrogen) atoms. The van der Waals surface area contributed by atoms with Crippen molar-refractivity contribution in [2.45, 2.75) is 25.1 Å². The largest absolute Gasteiger partial charge is 0.119 e. The Morgan fingerprint density at radius 3 is 2.62 bits per heavy atom. The fraction of sp³-hybridized carbons (Fsp3) is 0.333. The van der Waals surface area contributed by atoms with E-state index < -0.39 is 0 Å². The number of hydrogen-bond donors (Lipinski definition) is 0. The Morgan fingerprint density at radius 1 is 1.31 bits per heavy atom. The number of halogens is 1. The summed E-state index contributed by atoms with van der Waals surface area (Å²) in [5.41, 5.74) is 1.38. The van der Waals surface area contributed by atoms with E-state index in [0.29, 0.717) is 0 Å². The van der Waals surface area contributed by atoms with Crippen LogP contribution in [0.25, 0.3) is 0 Å². The topological polar surface area (TPSA) is 0 Å². The van der Waals surface area contributed by atoms with Crippen LogP contribution in [0.5, 0.6) is 0 Å². The van der Waals surface area contributed by atoms with E-state index in [-0.39, 0.29) is 5.38 Å². The molecule has 1 rings (SSSR count). The van der Waals surface area contributed by atoms with E-state index in [4.69, 9.17) is 11.6 Å². The molecule has 0 N–H and O–H groups in total. The summed E-state index contributed by atoms with van der Waals surface area (Å²) in [5, 5.41) is 0.149. The molecule has 1 atom stereocenters. The lowest BCUT2D eigenvalue weighted by Gasteiger charge is -1.96. The van der Waals surface area contributed by atoms with E-state index in [1.165, 1.54) is 5.56 Å². The van der Waals surface area contributed by atoms with Gasteiger partial charge in [-0.2, -0.15) is 0 Å². The van der Waals surface area contributed by atoms with Gasteiger partial charge in [0.25, 0.3) is 0 Å². The van der Waals surface area contributed by atoms with E-state index in [1.54, 1.807) is 0 Å². The van der Waals surface area contributed by atoms with E-state index in [0.717, 1.165) is 12.8 Å². The van der Waals surface area contributed by atoms with Crippen molar-refractivity contribution >= 4 is 11.6 Å². The third-order valence-electron chi connectivity index (χ3n) is 1.84. The minimum absolute atomic E-state index is 0.149. The van der Waals surface area contributed by atoms with Gasteiger partial charge in [-0.15, -0.1) is 11.6 Å². The molecule has 70 valence electrons. The molecule has 0 bridgehead atoms. The van der Waals surface area contributed by atoms with Crippen LogP contribution in [0.4, 0.5) is 0 Å². The molecule has 0 amide bonds. The normalized spacial score (nSPS) is 13.4. The number of rotatable bonds is 4. The molecule has 0 spiro atoms. The van der Waals surface area contributed by atoms with E-state index >= 15 is 0 Å². The molecule has 0 heterocycles. The minimum Gasteiger partial charge on any atom is -0.119 e. The second kappa shape index (κ2) is 5.82. The van der Waals surface area contributed by atoms with Crippen LogP contribution >= 0.6 is 11.6 Å². The standard InChI is InChI=1S/C12H15Cl/c1-11(13)7-5-6-10-12-8-3-2-4-9-12/h2-5,7-9,11H,6,10H2,1H3/b7-5+. The first-order valence-corrected chi connectivity index (χ1v) is 5.07. The highest BCUT2D eigenvalue weighted by atomic mass is 35.5. The smallest absolute Gasteiger partial charge is 0.0487 e. The molecule has 1 heteroatoms. The zero-order valence-electron chi connectivity index (χ0n) is 7.91. The summed E-state index contributed by atoms with van der Waals surface area (Å²) in [6.07, 6.45) is 6.34. The summed E-state index contributed by atoms with van der Waals surface area (Å²) in [6, 6.07) is 10.5. The zero-order chi connectivity index (χ0) is 9.52. The maximum Gasteiger partial charge on any atom is 0.0487 e. The van der Waals surface area contributed by atoms with Gasteiger partial charge in [0.1, 0.15) is 0 Å². The summed E-state index contributed by atoms with van der Waals surface area (Å²) in [5.74, 6) is 0. The third-order valence-corrected chi connectivity index (χ3v) is 1.99. The van der Waals surface area contributed by atoms with Crippen molar-refractivity contribution in [3.8, 4) is 0 Å². The number of alkyl halides is 1. The van der Waals surface area contributed by atoms with Gasteiger partial charge in [0.05, 0.1) is 0 Å². The minimum atomic E-state index is 0.149. The van der Waals surface area contributed by atoms with Crippen LogP contribution in [-0.4, -0.2) is 5.38 Å². The van der Waals surface area contributed by atoms with E-state index in [2.05, 4.69) is 30.3 Å². The van der Waals surface area contributed by atoms with Gasteiger partial charge in [0, 0.05) is 5.38 Å². The summed E-state index contributed by atoms with van der Waals surface area (Å²) in [7, 11) is 0. The molecular weight excluding hydrogens is 180 g/mol. The lowest BCUT2D eigenvalue weighted by Crippen LogP contribution is -1.84. The van der Waals surface area contributed by atoms with Gasteiger partial charge in [-0.3, -0.25) is 0 Å². The summed E-state index contributed by atoms with van der Waals surface area (Å²) in [6.45, 7) is 1.97. The first-order chi connectivity index (χ1) is 6.29. The Hall–Kier alpha value is -0.750. The van der Waals surface area contributed by atoms with Crippen LogP contribution in [0.3, 0.4) is 0 Å². The highest BCUT2D eigenvalue weighted by Gasteiger charge is 1.89. The molecule has 0 aliphatic carbocycles. The van der Waals surface area contributed by atoms with Crippen molar-refractivity contribution < 1.29 is 0 Å². The van der Waals surface area contributed by atoms with Crippen LogP contribution in [0.15, 0.2) is 42.5 Å². The Morgan fingerprint density at radius 2 is 2.00 bits per heavy atom. The van der Waals surface area contributed by atoms with Crippen LogP contribution in [-0.2, 0) is 6.42 Å². The van der Waals surface area contributed by atoms with Crippen LogP contribution in [0.2, 0.25) is 0 Å². The molecular formula is C12H15Cl. The van der Waals surface area contributed by atoms with Gasteiger partial charge in [-0.05, 0) is 25.3 Å². The molecule has 0 saturated heterocycles. The molecule has 0 aromatic heterocycles. The summed E-state index contributed by atoms with van der Waals surface area (Å²) < 4.78 is 0. The fourth-order valence-electron chi connectivity index (χ4n) is 1.18. The zero-order valence-corrected chi connectivity index (χ0v) is 8.67. The van der Waals surface area contributed by atoms with Crippen molar-refractivity contribution in [3.63, 3.8) is 0 Å². The second-order valence-electron chi connectivity index (χ2n) is 3.13. The predicted molar refractivity (Wildman–Crippen MR) is 59.2 cm³/mol. The van der Waals surface area contributed by atoms with Crippen LogP contribution < -0.4 is 0 Å². The number of allylic oxidation sites excluding steroid dienone is 2. The quantitative estimate of drug-likeness (QED) is 0.505. The lowest BCUT2D eigenvalue weighted by atomic mass is 10.1. The van der Waals surface area contributed by atoms with E-state index in [9.17, 15) is 0 Å². The SMILES string of the molecule is CC(Cl)/C=C/CCc1ccccc1. The second-order valence-corrected chi connectivity index (χ2v) is 3.82. The molecule has 0 radical (unpaired) electrons. The first kappa shape index (κ1) is 10.3.